The molecule has 6 nitrogen and oxygen atoms in total. The fraction of sp³-hybridized carbons (Fsp3) is 0.688. The van der Waals surface area contributed by atoms with Crippen LogP contribution >= 0.6 is 0 Å². The quantitative estimate of drug-likeness (QED) is 0.875. The number of nitrogens with one attached hydrogen (secondary N) is 1. The van der Waals surface area contributed by atoms with Gasteiger partial charge in [-0.15, -0.1) is 0 Å². The summed E-state index contributed by atoms with van der Waals surface area (Å²) >= 11 is 0. The Morgan fingerprint density at radius 3 is 2.50 bits per heavy atom. The summed E-state index contributed by atoms with van der Waals surface area (Å²) in [4.78, 5) is 23.5. The molecule has 0 aromatic carbocycles. The Morgan fingerprint density at radius 2 is 2.00 bits per heavy atom. The highest BCUT2D eigenvalue weighted by molar-refractivity contribution is 5.95. The highest BCUT2D eigenvalue weighted by Gasteiger charge is 2.28. The van der Waals surface area contributed by atoms with E-state index in [0.29, 0.717) is 18.4 Å². The summed E-state index contributed by atoms with van der Waals surface area (Å²) in [6.07, 6.45) is 4.51. The largest absolute Gasteiger partial charge is 0.481 e. The topological polar surface area (TPSA) is 84.2 Å². The van der Waals surface area contributed by atoms with Gasteiger partial charge in [-0.3, -0.25) is 14.3 Å². The summed E-state index contributed by atoms with van der Waals surface area (Å²) in [5.41, 5.74) is 1.45. The lowest BCUT2D eigenvalue weighted by atomic mass is 9.86. The molecule has 1 saturated carbocycles. The van der Waals surface area contributed by atoms with Gasteiger partial charge in [-0.25, -0.2) is 0 Å². The summed E-state index contributed by atoms with van der Waals surface area (Å²) in [5, 5.41) is 16.5. The number of carbonyl (C=O) groups excluding carboxylic acids is 1. The molecule has 1 fully saturated rings. The van der Waals surface area contributed by atoms with Crippen LogP contribution in [0.3, 0.4) is 0 Å². The number of rotatable bonds is 5. The molecule has 1 aliphatic rings. The second-order valence-electron chi connectivity index (χ2n) is 6.30. The Labute approximate surface area is 130 Å². The van der Waals surface area contributed by atoms with Crippen LogP contribution in [0.25, 0.3) is 0 Å². The number of aliphatic carboxylic acids is 1. The molecule has 122 valence electrons. The van der Waals surface area contributed by atoms with Crippen LogP contribution < -0.4 is 5.32 Å². The van der Waals surface area contributed by atoms with Crippen molar-refractivity contribution in [1.29, 1.82) is 0 Å². The van der Waals surface area contributed by atoms with Gasteiger partial charge in [0.15, 0.2) is 0 Å². The number of carboxylic acid groups (broad SMARTS) is 1. The van der Waals surface area contributed by atoms with E-state index in [4.69, 9.17) is 5.11 Å². The SMILES string of the molecule is CCn1cc(C(=O)NC2CCC(C(=O)O)CC2)c(C(C)C)n1. The van der Waals surface area contributed by atoms with Gasteiger partial charge >= 0.3 is 5.97 Å². The van der Waals surface area contributed by atoms with E-state index in [1.54, 1.807) is 10.9 Å². The van der Waals surface area contributed by atoms with Crippen molar-refractivity contribution in [3.8, 4) is 0 Å². The molecular weight excluding hydrogens is 282 g/mol. The first-order valence-corrected chi connectivity index (χ1v) is 8.03. The van der Waals surface area contributed by atoms with Crippen molar-refractivity contribution < 1.29 is 14.7 Å². The van der Waals surface area contributed by atoms with Crippen molar-refractivity contribution in [2.45, 2.75) is 65.0 Å². The molecule has 0 saturated heterocycles. The maximum atomic E-state index is 12.5. The van der Waals surface area contributed by atoms with Crippen molar-refractivity contribution in [3.63, 3.8) is 0 Å². The Bertz CT molecular complexity index is 543. The Balaban J connectivity index is 2.01. The first-order valence-electron chi connectivity index (χ1n) is 8.03. The number of carbonyl (C=O) groups is 2. The van der Waals surface area contributed by atoms with Crippen molar-refractivity contribution in [3.05, 3.63) is 17.5 Å². The fourth-order valence-electron chi connectivity index (χ4n) is 2.95. The lowest BCUT2D eigenvalue weighted by Crippen LogP contribution is -2.39. The van der Waals surface area contributed by atoms with Gasteiger partial charge in [-0.2, -0.15) is 5.10 Å². The minimum atomic E-state index is -0.726. The van der Waals surface area contributed by atoms with Gasteiger partial charge in [0.25, 0.3) is 5.91 Å². The minimum Gasteiger partial charge on any atom is -0.481 e. The van der Waals surface area contributed by atoms with Gasteiger partial charge in [0.1, 0.15) is 0 Å². The van der Waals surface area contributed by atoms with Crippen LogP contribution in [0.4, 0.5) is 0 Å². The molecule has 2 N–H and O–H groups in total. The number of aromatic nitrogens is 2. The number of hydrogen-bond donors (Lipinski definition) is 2. The van der Waals surface area contributed by atoms with E-state index in [9.17, 15) is 9.59 Å². The molecule has 0 radical (unpaired) electrons. The zero-order chi connectivity index (χ0) is 16.3. The zero-order valence-electron chi connectivity index (χ0n) is 13.5. The van der Waals surface area contributed by atoms with Gasteiger partial charge in [0.05, 0.1) is 17.2 Å². The molecule has 0 bridgehead atoms. The highest BCUT2D eigenvalue weighted by Crippen LogP contribution is 2.25. The van der Waals surface area contributed by atoms with Gasteiger partial charge in [0.2, 0.25) is 0 Å². The summed E-state index contributed by atoms with van der Waals surface area (Å²) in [6.45, 7) is 6.77. The second-order valence-corrected chi connectivity index (χ2v) is 6.30. The molecule has 1 heterocycles. The number of carboxylic acids is 1. The van der Waals surface area contributed by atoms with Crippen LogP contribution in [0.15, 0.2) is 6.20 Å². The minimum absolute atomic E-state index is 0.0630. The molecule has 1 aliphatic carbocycles. The molecule has 0 unspecified atom stereocenters. The van der Waals surface area contributed by atoms with Gasteiger partial charge in [-0.05, 0) is 38.5 Å². The summed E-state index contributed by atoms with van der Waals surface area (Å²) in [5.74, 6) is -0.892. The standard InChI is InChI=1S/C16H25N3O3/c1-4-19-9-13(14(18-19)10(2)3)15(20)17-12-7-5-11(6-8-12)16(21)22/h9-12H,4-8H2,1-3H3,(H,17,20)(H,21,22). The lowest BCUT2D eigenvalue weighted by molar-refractivity contribution is -0.142. The zero-order valence-corrected chi connectivity index (χ0v) is 13.5. The predicted octanol–water partition coefficient (Wildman–Crippen LogP) is 2.40. The normalized spacial score (nSPS) is 21.8. The first-order chi connectivity index (χ1) is 10.4. The first kappa shape index (κ1) is 16.5. The smallest absolute Gasteiger partial charge is 0.306 e. The maximum Gasteiger partial charge on any atom is 0.306 e. The fourth-order valence-corrected chi connectivity index (χ4v) is 2.95. The van der Waals surface area contributed by atoms with E-state index < -0.39 is 5.97 Å². The van der Waals surface area contributed by atoms with Crippen molar-refractivity contribution in [1.82, 2.24) is 15.1 Å². The molecule has 1 aromatic rings. The van der Waals surface area contributed by atoms with Crippen LogP contribution in [0.1, 0.15) is 68.4 Å². The van der Waals surface area contributed by atoms with Crippen LogP contribution in [0.5, 0.6) is 0 Å². The second kappa shape index (κ2) is 6.94. The van der Waals surface area contributed by atoms with Crippen molar-refractivity contribution in [2.24, 2.45) is 5.92 Å². The third-order valence-electron chi connectivity index (χ3n) is 4.32. The van der Waals surface area contributed by atoms with Gasteiger partial charge in [-0.1, -0.05) is 13.8 Å². The van der Waals surface area contributed by atoms with Gasteiger partial charge in [0, 0.05) is 18.8 Å². The molecule has 1 aromatic heterocycles. The summed E-state index contributed by atoms with van der Waals surface area (Å²) < 4.78 is 1.78. The van der Waals surface area contributed by atoms with Gasteiger partial charge < -0.3 is 10.4 Å². The summed E-state index contributed by atoms with van der Waals surface area (Å²) in [6, 6.07) is 0.0630. The average Bonchev–Trinajstić information content (AvgIpc) is 2.92. The number of nitrogens with zero attached hydrogens (tertiary/aromatic N) is 2. The van der Waals surface area contributed by atoms with Crippen LogP contribution in [-0.4, -0.2) is 32.8 Å². The molecule has 2 rings (SSSR count). The average molecular weight is 307 g/mol. The number of aryl methyl sites for hydroxylation is 1. The predicted molar refractivity (Wildman–Crippen MR) is 82.8 cm³/mol. The molecule has 1 amide bonds. The third-order valence-corrected chi connectivity index (χ3v) is 4.32. The molecule has 0 spiro atoms. The molecule has 22 heavy (non-hydrogen) atoms. The highest BCUT2D eigenvalue weighted by atomic mass is 16.4. The molecular formula is C16H25N3O3. The molecule has 0 atom stereocenters. The maximum absolute atomic E-state index is 12.5. The lowest BCUT2D eigenvalue weighted by Gasteiger charge is -2.26. The third kappa shape index (κ3) is 3.67. The van der Waals surface area contributed by atoms with Crippen LogP contribution in [-0.2, 0) is 11.3 Å². The van der Waals surface area contributed by atoms with Crippen molar-refractivity contribution >= 4 is 11.9 Å². The Kier molecular flexibility index (Phi) is 5.21. The van der Waals surface area contributed by atoms with E-state index in [1.807, 2.05) is 20.8 Å². The summed E-state index contributed by atoms with van der Waals surface area (Å²) in [7, 11) is 0. The Morgan fingerprint density at radius 1 is 1.36 bits per heavy atom. The van der Waals surface area contributed by atoms with E-state index in [-0.39, 0.29) is 23.8 Å². The van der Waals surface area contributed by atoms with E-state index in [0.717, 1.165) is 25.1 Å². The monoisotopic (exact) mass is 307 g/mol. The van der Waals surface area contributed by atoms with E-state index in [2.05, 4.69) is 10.4 Å². The van der Waals surface area contributed by atoms with E-state index in [1.165, 1.54) is 0 Å². The van der Waals surface area contributed by atoms with Crippen LogP contribution in [0, 0.1) is 5.92 Å². The molecule has 0 aliphatic heterocycles. The molecule has 6 heteroatoms. The Hall–Kier alpha value is -1.85. The number of amides is 1. The van der Waals surface area contributed by atoms with E-state index >= 15 is 0 Å². The van der Waals surface area contributed by atoms with Crippen LogP contribution in [0.2, 0.25) is 0 Å². The van der Waals surface area contributed by atoms with Crippen molar-refractivity contribution in [2.75, 3.05) is 0 Å². The number of hydrogen-bond acceptors (Lipinski definition) is 3.